The third-order valence-electron chi connectivity index (χ3n) is 6.84. The molecule has 2 saturated heterocycles. The second kappa shape index (κ2) is 10.9. The Morgan fingerprint density at radius 1 is 1.08 bits per heavy atom. The van der Waals surface area contributed by atoms with Crippen molar-refractivity contribution < 1.29 is 9.18 Å². The summed E-state index contributed by atoms with van der Waals surface area (Å²) in [6, 6.07) is 10.5. The van der Waals surface area contributed by atoms with E-state index in [0.29, 0.717) is 70.6 Å². The summed E-state index contributed by atoms with van der Waals surface area (Å²) in [6.45, 7) is 8.95. The highest BCUT2D eigenvalue weighted by atomic mass is 32.2. The van der Waals surface area contributed by atoms with Crippen LogP contribution in [-0.2, 0) is 4.79 Å². The average Bonchev–Trinajstić information content (AvgIpc) is 3.16. The number of amides is 1. The fraction of sp³-hybridized carbons (Fsp3) is 0.357. The van der Waals surface area contributed by atoms with Gasteiger partial charge >= 0.3 is 0 Å². The van der Waals surface area contributed by atoms with Crippen molar-refractivity contribution in [2.45, 2.75) is 27.2 Å². The molecule has 2 aliphatic rings. The van der Waals surface area contributed by atoms with Crippen LogP contribution in [0.15, 0.2) is 52.3 Å². The number of halogens is 1. The Morgan fingerprint density at radius 2 is 1.79 bits per heavy atom. The number of aryl methyl sites for hydroxylation is 1. The molecule has 2 fully saturated rings. The lowest BCUT2D eigenvalue weighted by atomic mass is 10.1. The highest BCUT2D eigenvalue weighted by Gasteiger charge is 2.33. The molecule has 0 unspecified atom stereocenters. The second-order valence-electron chi connectivity index (χ2n) is 10.0. The maximum absolute atomic E-state index is 14.4. The Hall–Kier alpha value is -3.24. The number of carbonyl (C=O) groups is 1. The number of hydrogen-bond donors (Lipinski definition) is 0. The zero-order valence-corrected chi connectivity index (χ0v) is 23.3. The molecule has 38 heavy (non-hydrogen) atoms. The van der Waals surface area contributed by atoms with Crippen LogP contribution in [0.1, 0.15) is 31.4 Å². The summed E-state index contributed by atoms with van der Waals surface area (Å²) < 4.78 is 16.4. The molecule has 5 rings (SSSR count). The summed E-state index contributed by atoms with van der Waals surface area (Å²) in [5.41, 5.74) is 2.15. The van der Waals surface area contributed by atoms with Crippen molar-refractivity contribution in [3.05, 3.63) is 74.8 Å². The number of thioether (sulfide) groups is 1. The van der Waals surface area contributed by atoms with Gasteiger partial charge in [-0.25, -0.2) is 9.37 Å². The van der Waals surface area contributed by atoms with Gasteiger partial charge in [0.1, 0.15) is 21.6 Å². The second-order valence-corrected chi connectivity index (χ2v) is 11.7. The minimum atomic E-state index is -0.251. The Labute approximate surface area is 230 Å². The first-order chi connectivity index (χ1) is 18.2. The number of aromatic nitrogens is 2. The minimum Gasteiger partial charge on any atom is -0.366 e. The molecule has 0 bridgehead atoms. The molecule has 3 aromatic rings. The van der Waals surface area contributed by atoms with Crippen LogP contribution < -0.4 is 15.4 Å². The molecular weight excluding hydrogens is 521 g/mol. The van der Waals surface area contributed by atoms with Gasteiger partial charge in [-0.15, -0.1) is 0 Å². The fourth-order valence-electron chi connectivity index (χ4n) is 4.69. The number of anilines is 2. The summed E-state index contributed by atoms with van der Waals surface area (Å²) in [6.07, 6.45) is 4.25. The first kappa shape index (κ1) is 26.4. The van der Waals surface area contributed by atoms with Crippen LogP contribution in [0.5, 0.6) is 0 Å². The van der Waals surface area contributed by atoms with Crippen molar-refractivity contribution >= 4 is 57.4 Å². The van der Waals surface area contributed by atoms with Gasteiger partial charge in [0.2, 0.25) is 0 Å². The molecular formula is C28H30FN5O2S2. The van der Waals surface area contributed by atoms with E-state index in [2.05, 4.69) is 13.8 Å². The average molecular weight is 552 g/mol. The summed E-state index contributed by atoms with van der Waals surface area (Å²) in [7, 11) is 0. The predicted octanol–water partition coefficient (Wildman–Crippen LogP) is 4.72. The number of hydrogen-bond acceptors (Lipinski definition) is 7. The monoisotopic (exact) mass is 551 g/mol. The number of carbonyl (C=O) groups excluding carboxylic acids is 1. The van der Waals surface area contributed by atoms with Gasteiger partial charge in [-0.05, 0) is 49.1 Å². The summed E-state index contributed by atoms with van der Waals surface area (Å²) >= 11 is 6.72. The van der Waals surface area contributed by atoms with Crippen molar-refractivity contribution in [1.82, 2.24) is 14.3 Å². The lowest BCUT2D eigenvalue weighted by molar-refractivity contribution is -0.122. The minimum absolute atomic E-state index is 0.176. The van der Waals surface area contributed by atoms with Gasteiger partial charge in [-0.1, -0.05) is 56.0 Å². The van der Waals surface area contributed by atoms with Crippen LogP contribution in [0, 0.1) is 18.7 Å². The number of benzene rings is 1. The van der Waals surface area contributed by atoms with Crippen molar-refractivity contribution in [3.8, 4) is 0 Å². The highest BCUT2D eigenvalue weighted by Crippen LogP contribution is 2.34. The normalized spacial score (nSPS) is 17.5. The van der Waals surface area contributed by atoms with E-state index in [0.717, 1.165) is 12.0 Å². The van der Waals surface area contributed by atoms with E-state index in [4.69, 9.17) is 17.2 Å². The smallest absolute Gasteiger partial charge is 0.267 e. The van der Waals surface area contributed by atoms with Crippen molar-refractivity contribution in [1.29, 1.82) is 0 Å². The molecule has 0 saturated carbocycles. The van der Waals surface area contributed by atoms with E-state index in [1.807, 2.05) is 34.9 Å². The third kappa shape index (κ3) is 5.19. The molecule has 1 aromatic carbocycles. The van der Waals surface area contributed by atoms with Gasteiger partial charge in [-0.2, -0.15) is 0 Å². The van der Waals surface area contributed by atoms with Crippen LogP contribution in [0.3, 0.4) is 0 Å². The number of nitrogens with zero attached hydrogens (tertiary/aromatic N) is 5. The highest BCUT2D eigenvalue weighted by molar-refractivity contribution is 8.26. The van der Waals surface area contributed by atoms with E-state index in [-0.39, 0.29) is 17.3 Å². The molecule has 7 nitrogen and oxygen atoms in total. The van der Waals surface area contributed by atoms with Gasteiger partial charge in [-0.3, -0.25) is 18.9 Å². The quantitative estimate of drug-likeness (QED) is 0.325. The molecule has 1 amide bonds. The maximum atomic E-state index is 14.4. The number of rotatable bonds is 6. The van der Waals surface area contributed by atoms with Crippen LogP contribution >= 0.6 is 24.0 Å². The first-order valence-electron chi connectivity index (χ1n) is 12.8. The number of thiocarbonyl (C=S) groups is 1. The molecule has 0 spiro atoms. The van der Waals surface area contributed by atoms with E-state index in [9.17, 15) is 14.0 Å². The molecule has 2 aliphatic heterocycles. The van der Waals surface area contributed by atoms with Gasteiger partial charge in [0, 0.05) is 38.9 Å². The number of pyridine rings is 1. The first-order valence-corrected chi connectivity index (χ1v) is 14.0. The molecule has 198 valence electrons. The molecule has 10 heteroatoms. The topological polar surface area (TPSA) is 61.2 Å². The maximum Gasteiger partial charge on any atom is 0.267 e. The standard InChI is InChI=1S/C28H30FN5O2S2/c1-18(2)10-11-33-27(36)23(38-28(33)37)16-20-25(30-24-9-8-19(3)17-34(24)26(20)35)32-14-12-31(13-15-32)22-7-5-4-6-21(22)29/h4-9,16-18H,10-15H2,1-3H3/b23-16-. The summed E-state index contributed by atoms with van der Waals surface area (Å²) in [4.78, 5) is 38.0. The number of fused-ring (bicyclic) bond motifs is 1. The Bertz CT molecular complexity index is 1490. The summed E-state index contributed by atoms with van der Waals surface area (Å²) in [5, 5.41) is 0. The fourth-order valence-corrected chi connectivity index (χ4v) is 5.98. The summed E-state index contributed by atoms with van der Waals surface area (Å²) in [5.74, 6) is 0.540. The van der Waals surface area contributed by atoms with Gasteiger partial charge in [0.05, 0.1) is 16.2 Å². The molecule has 2 aromatic heterocycles. The molecule has 0 atom stereocenters. The van der Waals surface area contributed by atoms with Gasteiger partial charge in [0.25, 0.3) is 11.5 Å². The Kier molecular flexibility index (Phi) is 7.54. The zero-order chi connectivity index (χ0) is 27.0. The van der Waals surface area contributed by atoms with Crippen LogP contribution in [0.4, 0.5) is 15.9 Å². The SMILES string of the molecule is Cc1ccc2nc(N3CCN(c4ccccc4F)CC3)c(/C=C3\SC(=S)N(CCC(C)C)C3=O)c(=O)n2c1. The van der Waals surface area contributed by atoms with Crippen molar-refractivity contribution in [2.75, 3.05) is 42.5 Å². The lowest BCUT2D eigenvalue weighted by Gasteiger charge is -2.37. The third-order valence-corrected chi connectivity index (χ3v) is 8.21. The van der Waals surface area contributed by atoms with Crippen LogP contribution in [-0.4, -0.2) is 57.2 Å². The largest absolute Gasteiger partial charge is 0.366 e. The molecule has 0 aliphatic carbocycles. The Balaban J connectivity index is 1.51. The van der Waals surface area contributed by atoms with Crippen LogP contribution in [0.25, 0.3) is 11.7 Å². The van der Waals surface area contributed by atoms with E-state index in [1.165, 1.54) is 22.2 Å². The van der Waals surface area contributed by atoms with Crippen molar-refractivity contribution in [2.24, 2.45) is 5.92 Å². The number of para-hydroxylation sites is 1. The molecule has 0 radical (unpaired) electrons. The van der Waals surface area contributed by atoms with Crippen molar-refractivity contribution in [3.63, 3.8) is 0 Å². The van der Waals surface area contributed by atoms with E-state index >= 15 is 0 Å². The Morgan fingerprint density at radius 3 is 2.50 bits per heavy atom. The molecule has 0 N–H and O–H groups in total. The van der Waals surface area contributed by atoms with E-state index in [1.54, 1.807) is 29.3 Å². The van der Waals surface area contributed by atoms with Gasteiger partial charge in [0.15, 0.2) is 0 Å². The predicted molar refractivity (Wildman–Crippen MR) is 156 cm³/mol. The van der Waals surface area contributed by atoms with E-state index < -0.39 is 0 Å². The number of piperazine rings is 1. The zero-order valence-electron chi connectivity index (χ0n) is 21.7. The van der Waals surface area contributed by atoms with Crippen LogP contribution in [0.2, 0.25) is 0 Å². The lowest BCUT2D eigenvalue weighted by Crippen LogP contribution is -2.47. The molecule has 4 heterocycles. The van der Waals surface area contributed by atoms with Gasteiger partial charge < -0.3 is 9.80 Å².